The molecule has 1 N–H and O–H groups in total. The van der Waals surface area contributed by atoms with E-state index >= 15 is 0 Å². The number of amides is 1. The van der Waals surface area contributed by atoms with Crippen LogP contribution in [-0.2, 0) is 11.0 Å². The first-order valence-electron chi connectivity index (χ1n) is 12.7. The second-order valence-electron chi connectivity index (χ2n) is 9.85. The predicted octanol–water partition coefficient (Wildman–Crippen LogP) is 6.29. The third-order valence-electron chi connectivity index (χ3n) is 7.36. The number of carbonyl (C=O) groups is 3. The number of allylic oxidation sites excluding steroid dienone is 2. The molecule has 0 bridgehead atoms. The summed E-state index contributed by atoms with van der Waals surface area (Å²) in [5.41, 5.74) is -0.407. The van der Waals surface area contributed by atoms with Crippen LogP contribution in [0.4, 0.5) is 13.2 Å². The lowest BCUT2D eigenvalue weighted by molar-refractivity contribution is -0.142. The summed E-state index contributed by atoms with van der Waals surface area (Å²) < 4.78 is 42.4. The van der Waals surface area contributed by atoms with Crippen molar-refractivity contribution in [3.05, 3.63) is 69.9 Å². The van der Waals surface area contributed by atoms with Crippen LogP contribution < -0.4 is 0 Å². The van der Waals surface area contributed by atoms with Crippen molar-refractivity contribution in [3.63, 3.8) is 0 Å². The van der Waals surface area contributed by atoms with Crippen molar-refractivity contribution < 1.29 is 32.7 Å². The van der Waals surface area contributed by atoms with Crippen molar-refractivity contribution in [2.24, 2.45) is 5.92 Å². The summed E-state index contributed by atoms with van der Waals surface area (Å²) in [5, 5.41) is 13.9. The van der Waals surface area contributed by atoms with Gasteiger partial charge in [-0.25, -0.2) is 0 Å². The van der Waals surface area contributed by atoms with Gasteiger partial charge in [-0.2, -0.15) is 23.0 Å². The van der Waals surface area contributed by atoms with Crippen LogP contribution in [0, 0.1) is 5.92 Å². The number of fused-ring (bicyclic) bond motifs is 1. The van der Waals surface area contributed by atoms with Gasteiger partial charge < -0.3 is 10.0 Å². The molecule has 2 heterocycles. The Morgan fingerprint density at radius 3 is 2.41 bits per heavy atom. The van der Waals surface area contributed by atoms with Gasteiger partial charge in [-0.1, -0.05) is 23.7 Å². The highest BCUT2D eigenvalue weighted by molar-refractivity contribution is 6.34. The molecular formula is C28H25ClF3N3O4. The number of halogens is 4. The summed E-state index contributed by atoms with van der Waals surface area (Å²) in [4.78, 5) is 40.0. The number of carboxylic acids is 1. The Kier molecular flexibility index (Phi) is 7.24. The van der Waals surface area contributed by atoms with Crippen LogP contribution in [0.1, 0.15) is 70.5 Å². The van der Waals surface area contributed by atoms with Crippen molar-refractivity contribution in [3.8, 4) is 0 Å². The topological polar surface area (TPSA) is 92.5 Å². The third kappa shape index (κ3) is 5.17. The molecule has 0 radical (unpaired) electrons. The number of rotatable bonds is 4. The summed E-state index contributed by atoms with van der Waals surface area (Å²) >= 11 is 6.13. The Morgan fingerprint density at radius 2 is 1.77 bits per heavy atom. The molecule has 39 heavy (non-hydrogen) atoms. The van der Waals surface area contributed by atoms with Gasteiger partial charge in [0, 0.05) is 24.0 Å². The molecule has 1 aliphatic carbocycles. The first-order valence-corrected chi connectivity index (χ1v) is 13.1. The van der Waals surface area contributed by atoms with Gasteiger partial charge in [0.25, 0.3) is 11.8 Å². The highest BCUT2D eigenvalue weighted by Gasteiger charge is 2.37. The molecule has 5 rings (SSSR count). The molecule has 1 aliphatic heterocycles. The molecule has 2 aliphatic rings. The maximum Gasteiger partial charge on any atom is 0.417 e. The number of likely N-dealkylation sites (tertiary alicyclic amines) is 1. The van der Waals surface area contributed by atoms with E-state index in [0.29, 0.717) is 48.1 Å². The molecule has 204 valence electrons. The summed E-state index contributed by atoms with van der Waals surface area (Å²) in [5.74, 6) is -2.76. The standard InChI is InChI=1S/C28H25ClF3N3O4/c29-21-6-4-5-20(28(30,31)32)23(21)26(37)35-22-15-18(25(36)34-13-2-1-3-14-34)11-12-19(22)24(33-35)16-7-9-17(10-8-16)27(38)39/h4-7,11-12,15,17H,1-3,8-10,13-14H2,(H,38,39). The quantitative estimate of drug-likeness (QED) is 0.405. The van der Waals surface area contributed by atoms with Crippen LogP contribution >= 0.6 is 11.6 Å². The molecule has 1 unspecified atom stereocenters. The number of alkyl halides is 3. The number of aromatic nitrogens is 2. The average Bonchev–Trinajstić information content (AvgIpc) is 3.31. The van der Waals surface area contributed by atoms with Gasteiger partial charge >= 0.3 is 12.1 Å². The normalized spacial score (nSPS) is 18.2. The van der Waals surface area contributed by atoms with E-state index in [9.17, 15) is 32.7 Å². The lowest BCUT2D eigenvalue weighted by Crippen LogP contribution is -2.35. The van der Waals surface area contributed by atoms with Crippen molar-refractivity contribution in [1.82, 2.24) is 14.7 Å². The van der Waals surface area contributed by atoms with Crippen LogP contribution in [0.15, 0.2) is 42.5 Å². The number of hydrogen-bond donors (Lipinski definition) is 1. The van der Waals surface area contributed by atoms with Gasteiger partial charge in [-0.15, -0.1) is 0 Å². The molecule has 1 fully saturated rings. The van der Waals surface area contributed by atoms with Crippen molar-refractivity contribution in [1.29, 1.82) is 0 Å². The molecule has 0 saturated carbocycles. The highest BCUT2D eigenvalue weighted by Crippen LogP contribution is 2.38. The van der Waals surface area contributed by atoms with Crippen LogP contribution in [0.2, 0.25) is 5.02 Å². The third-order valence-corrected chi connectivity index (χ3v) is 7.68. The molecule has 11 heteroatoms. The van der Waals surface area contributed by atoms with Gasteiger partial charge in [0.2, 0.25) is 0 Å². The van der Waals surface area contributed by atoms with E-state index in [-0.39, 0.29) is 22.9 Å². The zero-order valence-electron chi connectivity index (χ0n) is 20.8. The van der Waals surface area contributed by atoms with Crippen LogP contribution in [0.25, 0.3) is 16.5 Å². The number of hydrogen-bond acceptors (Lipinski definition) is 4. The molecule has 1 saturated heterocycles. The summed E-state index contributed by atoms with van der Waals surface area (Å²) in [6.07, 6.45) is 0.686. The lowest BCUT2D eigenvalue weighted by atomic mass is 9.87. The van der Waals surface area contributed by atoms with E-state index in [1.54, 1.807) is 23.1 Å². The second-order valence-corrected chi connectivity index (χ2v) is 10.3. The van der Waals surface area contributed by atoms with E-state index in [0.717, 1.165) is 36.1 Å². The van der Waals surface area contributed by atoms with E-state index in [2.05, 4.69) is 5.10 Å². The van der Waals surface area contributed by atoms with Crippen LogP contribution in [0.3, 0.4) is 0 Å². The van der Waals surface area contributed by atoms with Gasteiger partial charge in [-0.3, -0.25) is 14.4 Å². The van der Waals surface area contributed by atoms with Gasteiger partial charge in [0.1, 0.15) is 0 Å². The van der Waals surface area contributed by atoms with E-state index in [1.807, 2.05) is 0 Å². The maximum atomic E-state index is 13.8. The number of aliphatic carboxylic acids is 1. The molecule has 7 nitrogen and oxygen atoms in total. The fraction of sp³-hybridized carbons (Fsp3) is 0.357. The number of carbonyl (C=O) groups excluding carboxylic acids is 2. The lowest BCUT2D eigenvalue weighted by Gasteiger charge is -2.26. The largest absolute Gasteiger partial charge is 0.481 e. The number of carboxylic acid groups (broad SMARTS) is 1. The zero-order chi connectivity index (χ0) is 27.9. The Labute approximate surface area is 226 Å². The zero-order valence-corrected chi connectivity index (χ0v) is 21.6. The van der Waals surface area contributed by atoms with E-state index in [1.165, 1.54) is 12.1 Å². The number of benzene rings is 2. The molecule has 2 aromatic carbocycles. The van der Waals surface area contributed by atoms with Gasteiger partial charge in [0.05, 0.1) is 33.3 Å². The molecule has 0 spiro atoms. The smallest absolute Gasteiger partial charge is 0.417 e. The predicted molar refractivity (Wildman–Crippen MR) is 139 cm³/mol. The van der Waals surface area contributed by atoms with E-state index < -0.39 is 35.1 Å². The first kappa shape index (κ1) is 26.9. The average molecular weight is 560 g/mol. The molecule has 1 amide bonds. The van der Waals surface area contributed by atoms with Crippen molar-refractivity contribution in [2.45, 2.75) is 44.7 Å². The summed E-state index contributed by atoms with van der Waals surface area (Å²) in [7, 11) is 0. The molecular weight excluding hydrogens is 535 g/mol. The fourth-order valence-electron chi connectivity index (χ4n) is 5.28. The minimum absolute atomic E-state index is 0.173. The Hall–Kier alpha value is -3.66. The van der Waals surface area contributed by atoms with E-state index in [4.69, 9.17) is 11.6 Å². The molecule has 3 aromatic rings. The monoisotopic (exact) mass is 559 g/mol. The highest BCUT2D eigenvalue weighted by atomic mass is 35.5. The van der Waals surface area contributed by atoms with Gasteiger partial charge in [-0.05, 0) is 74.4 Å². The second kappa shape index (κ2) is 10.5. The van der Waals surface area contributed by atoms with Crippen LogP contribution in [0.5, 0.6) is 0 Å². The molecule has 1 aromatic heterocycles. The van der Waals surface area contributed by atoms with Crippen LogP contribution in [-0.4, -0.2) is 50.7 Å². The maximum absolute atomic E-state index is 13.8. The van der Waals surface area contributed by atoms with Crippen molar-refractivity contribution >= 4 is 45.9 Å². The fourth-order valence-corrected chi connectivity index (χ4v) is 5.53. The van der Waals surface area contributed by atoms with Crippen molar-refractivity contribution in [2.75, 3.05) is 13.1 Å². The van der Waals surface area contributed by atoms with Gasteiger partial charge in [0.15, 0.2) is 0 Å². The Morgan fingerprint density at radius 1 is 1.03 bits per heavy atom. The minimum atomic E-state index is -4.84. The number of piperidine rings is 1. The number of nitrogens with zero attached hydrogens (tertiary/aromatic N) is 3. The minimum Gasteiger partial charge on any atom is -0.481 e. The summed E-state index contributed by atoms with van der Waals surface area (Å²) in [6, 6.07) is 7.85. The molecule has 1 atom stereocenters. The SMILES string of the molecule is O=C(O)C1CC=C(c2nn(C(=O)c3c(Cl)cccc3C(F)(F)F)c3cc(C(=O)N4CCCCC4)ccc23)CC1. The Balaban J connectivity index is 1.66. The first-order chi connectivity index (χ1) is 18.6. The summed E-state index contributed by atoms with van der Waals surface area (Å²) in [6.45, 7) is 1.21. The Bertz CT molecular complexity index is 1510.